The van der Waals surface area contributed by atoms with Crippen LogP contribution in [0.15, 0.2) is 0 Å². The average Bonchev–Trinajstić information content (AvgIpc) is 2.55. The van der Waals surface area contributed by atoms with Gasteiger partial charge in [-0.25, -0.2) is 0 Å². The van der Waals surface area contributed by atoms with E-state index in [9.17, 15) is 13.2 Å². The fraction of sp³-hybridized carbons (Fsp3) is 1.00. The molecule has 1 N–H and O–H groups in total. The smallest absolute Gasteiger partial charge is 0.308 e. The minimum absolute atomic E-state index is 0.568. The summed E-state index contributed by atoms with van der Waals surface area (Å²) < 4.78 is 35.8. The van der Waals surface area contributed by atoms with Crippen molar-refractivity contribution in [3.63, 3.8) is 0 Å². The van der Waals surface area contributed by atoms with Crippen molar-refractivity contribution >= 4 is 0 Å². The van der Waals surface area contributed by atoms with Gasteiger partial charge in [0.2, 0.25) is 0 Å². The molecule has 3 saturated carbocycles. The Bertz CT molecular complexity index is 247. The Labute approximate surface area is 87.4 Å². The van der Waals surface area contributed by atoms with Crippen molar-refractivity contribution in [1.82, 2.24) is 5.32 Å². The minimum atomic E-state index is -4.05. The lowest BCUT2D eigenvalue weighted by molar-refractivity contribution is -0.124. The molecule has 0 amide bonds. The van der Waals surface area contributed by atoms with E-state index in [1.165, 1.54) is 19.3 Å². The van der Waals surface area contributed by atoms with Crippen molar-refractivity contribution in [3.8, 4) is 0 Å². The fourth-order valence-corrected chi connectivity index (χ4v) is 4.16. The second-order valence-electron chi connectivity index (χ2n) is 5.40. The number of hydrogen-bond donors (Lipinski definition) is 1. The topological polar surface area (TPSA) is 12.0 Å². The van der Waals surface area contributed by atoms with Crippen LogP contribution in [0.3, 0.4) is 0 Å². The summed E-state index contributed by atoms with van der Waals surface area (Å²) >= 11 is 0. The molecule has 3 aliphatic rings. The van der Waals surface area contributed by atoms with Gasteiger partial charge < -0.3 is 5.32 Å². The van der Waals surface area contributed by atoms with Gasteiger partial charge in [0.25, 0.3) is 0 Å². The average molecular weight is 219 g/mol. The summed E-state index contributed by atoms with van der Waals surface area (Å²) in [6.45, 7) is -0.236. The number of halogens is 3. The zero-order valence-corrected chi connectivity index (χ0v) is 8.56. The predicted molar refractivity (Wildman–Crippen MR) is 50.2 cm³/mol. The van der Waals surface area contributed by atoms with E-state index in [1.807, 2.05) is 0 Å². The monoisotopic (exact) mass is 219 g/mol. The summed E-state index contributed by atoms with van der Waals surface area (Å²) in [5, 5.41) is 2.56. The molecule has 0 radical (unpaired) electrons. The van der Waals surface area contributed by atoms with E-state index >= 15 is 0 Å². The third kappa shape index (κ3) is 1.67. The lowest BCUT2D eigenvalue weighted by atomic mass is 10.0. The molecule has 86 valence electrons. The van der Waals surface area contributed by atoms with E-state index in [0.717, 1.165) is 23.7 Å². The fourth-order valence-electron chi connectivity index (χ4n) is 4.16. The van der Waals surface area contributed by atoms with Crippen molar-refractivity contribution in [2.75, 3.05) is 13.1 Å². The second-order valence-corrected chi connectivity index (χ2v) is 5.40. The van der Waals surface area contributed by atoms with E-state index < -0.39 is 12.7 Å². The highest BCUT2D eigenvalue weighted by Gasteiger charge is 2.64. The Balaban J connectivity index is 1.45. The van der Waals surface area contributed by atoms with Crippen LogP contribution in [-0.2, 0) is 0 Å². The molecule has 0 saturated heterocycles. The lowest BCUT2D eigenvalue weighted by Gasteiger charge is -2.11. The van der Waals surface area contributed by atoms with E-state index in [0.29, 0.717) is 12.5 Å². The van der Waals surface area contributed by atoms with Crippen LogP contribution in [0.4, 0.5) is 13.2 Å². The summed E-state index contributed by atoms with van der Waals surface area (Å²) in [7, 11) is 0. The van der Waals surface area contributed by atoms with Crippen LogP contribution in [-0.4, -0.2) is 19.3 Å². The Morgan fingerprint density at radius 2 is 1.67 bits per heavy atom. The Kier molecular flexibility index (Phi) is 2.07. The molecule has 0 aromatic carbocycles. The molecule has 3 aliphatic carbocycles. The van der Waals surface area contributed by atoms with Gasteiger partial charge in [-0.3, -0.25) is 0 Å². The van der Waals surface area contributed by atoms with Crippen molar-refractivity contribution < 1.29 is 13.2 Å². The van der Waals surface area contributed by atoms with Crippen LogP contribution in [0.1, 0.15) is 19.3 Å². The van der Waals surface area contributed by atoms with Crippen LogP contribution in [0.2, 0.25) is 0 Å². The number of alkyl halides is 3. The van der Waals surface area contributed by atoms with Gasteiger partial charge in [0.05, 0.1) is 6.54 Å². The Morgan fingerprint density at radius 1 is 1.07 bits per heavy atom. The summed E-state index contributed by atoms with van der Waals surface area (Å²) in [6, 6.07) is 0. The van der Waals surface area contributed by atoms with E-state index in [4.69, 9.17) is 0 Å². The molecule has 4 unspecified atom stereocenters. The first kappa shape index (κ1) is 9.94. The first-order valence-corrected chi connectivity index (χ1v) is 5.84. The molecular formula is C11H16F3N. The Hall–Kier alpha value is -0.250. The first-order chi connectivity index (χ1) is 7.06. The normalized spacial score (nSPS) is 47.0. The van der Waals surface area contributed by atoms with Crippen molar-refractivity contribution in [1.29, 1.82) is 0 Å². The van der Waals surface area contributed by atoms with Gasteiger partial charge in [-0.15, -0.1) is 0 Å². The highest BCUT2D eigenvalue weighted by Crippen LogP contribution is 2.69. The van der Waals surface area contributed by atoms with Gasteiger partial charge in [0.1, 0.15) is 0 Å². The van der Waals surface area contributed by atoms with Gasteiger partial charge in [-0.2, -0.15) is 13.2 Å². The van der Waals surface area contributed by atoms with E-state index in [-0.39, 0.29) is 0 Å². The van der Waals surface area contributed by atoms with Crippen LogP contribution in [0.25, 0.3) is 0 Å². The van der Waals surface area contributed by atoms with Crippen LogP contribution >= 0.6 is 0 Å². The number of hydrogen-bond acceptors (Lipinski definition) is 1. The quantitative estimate of drug-likeness (QED) is 0.768. The highest BCUT2D eigenvalue weighted by molar-refractivity contribution is 5.13. The number of nitrogens with one attached hydrogen (secondary N) is 1. The maximum absolute atomic E-state index is 11.9. The molecule has 1 nitrogen and oxygen atoms in total. The molecular weight excluding hydrogens is 203 g/mol. The predicted octanol–water partition coefficient (Wildman–Crippen LogP) is 2.43. The van der Waals surface area contributed by atoms with Crippen molar-refractivity contribution in [2.45, 2.75) is 25.4 Å². The summed E-state index contributed by atoms with van der Waals surface area (Å²) in [5.41, 5.74) is 0. The molecule has 3 fully saturated rings. The van der Waals surface area contributed by atoms with Gasteiger partial charge in [0, 0.05) is 0 Å². The first-order valence-electron chi connectivity index (χ1n) is 5.84. The summed E-state index contributed by atoms with van der Waals surface area (Å²) in [5.74, 6) is 3.85. The third-order valence-electron chi connectivity index (χ3n) is 4.60. The van der Waals surface area contributed by atoms with Crippen LogP contribution in [0.5, 0.6) is 0 Å². The largest absolute Gasteiger partial charge is 0.401 e. The molecule has 0 aliphatic heterocycles. The number of fused-ring (bicyclic) bond motifs is 5. The number of rotatable bonds is 3. The lowest BCUT2D eigenvalue weighted by Crippen LogP contribution is -2.31. The third-order valence-corrected chi connectivity index (χ3v) is 4.60. The standard InChI is InChI=1S/C11H16F3N/c12-11(13,14)5-15-4-8-9-6-1-2-7(3-6)10(8)9/h6-10,15H,1-5H2. The molecule has 2 bridgehead atoms. The van der Waals surface area contributed by atoms with Crippen LogP contribution in [0, 0.1) is 29.6 Å². The Morgan fingerprint density at radius 3 is 2.20 bits per heavy atom. The summed E-state index contributed by atoms with van der Waals surface area (Å²) in [6.07, 6.45) is -0.0166. The van der Waals surface area contributed by atoms with Gasteiger partial charge >= 0.3 is 6.18 Å². The van der Waals surface area contributed by atoms with Crippen LogP contribution < -0.4 is 5.32 Å². The molecule has 0 spiro atoms. The highest BCUT2D eigenvalue weighted by atomic mass is 19.4. The second kappa shape index (κ2) is 3.12. The molecule has 4 atom stereocenters. The minimum Gasteiger partial charge on any atom is -0.308 e. The van der Waals surface area contributed by atoms with Crippen molar-refractivity contribution in [2.24, 2.45) is 29.6 Å². The van der Waals surface area contributed by atoms with Gasteiger partial charge in [-0.05, 0) is 55.4 Å². The maximum Gasteiger partial charge on any atom is 0.401 e. The molecule has 4 heteroatoms. The molecule has 15 heavy (non-hydrogen) atoms. The zero-order valence-electron chi connectivity index (χ0n) is 8.56. The molecule has 0 aromatic rings. The molecule has 0 heterocycles. The van der Waals surface area contributed by atoms with Gasteiger partial charge in [0.15, 0.2) is 0 Å². The maximum atomic E-state index is 11.9. The van der Waals surface area contributed by atoms with Crippen molar-refractivity contribution in [3.05, 3.63) is 0 Å². The van der Waals surface area contributed by atoms with E-state index in [1.54, 1.807) is 0 Å². The molecule has 0 aromatic heterocycles. The zero-order chi connectivity index (χ0) is 10.6. The SMILES string of the molecule is FC(F)(F)CNCC1C2C3CCC(C3)C12. The van der Waals surface area contributed by atoms with E-state index in [2.05, 4.69) is 5.32 Å². The molecule has 3 rings (SSSR count). The summed E-state index contributed by atoms with van der Waals surface area (Å²) in [4.78, 5) is 0. The van der Waals surface area contributed by atoms with Gasteiger partial charge in [-0.1, -0.05) is 0 Å².